The number of carbonyl (C=O) groups excluding carboxylic acids is 3. The molecule has 13 heteroatoms. The molecule has 0 saturated heterocycles. The van der Waals surface area contributed by atoms with Crippen LogP contribution in [-0.2, 0) is 12.8 Å². The number of fused-ring (bicyclic) bond motifs is 4. The van der Waals surface area contributed by atoms with Crippen molar-refractivity contribution in [3.05, 3.63) is 119 Å². The Kier molecular flexibility index (Phi) is 15.1. The molecule has 1 atom stereocenters. The summed E-state index contributed by atoms with van der Waals surface area (Å²) in [5, 5.41) is 10.3. The van der Waals surface area contributed by atoms with Crippen molar-refractivity contribution in [3.63, 3.8) is 0 Å². The predicted molar refractivity (Wildman–Crippen MR) is 202 cm³/mol. The quantitative estimate of drug-likeness (QED) is 0.196. The van der Waals surface area contributed by atoms with Crippen molar-refractivity contribution in [1.29, 1.82) is 0 Å². The summed E-state index contributed by atoms with van der Waals surface area (Å²) in [4.78, 5) is 38.7. The summed E-state index contributed by atoms with van der Waals surface area (Å²) in [6.45, 7) is 0. The van der Waals surface area contributed by atoms with Crippen LogP contribution in [0.25, 0.3) is 0 Å². The van der Waals surface area contributed by atoms with E-state index in [4.69, 9.17) is 11.5 Å². The molecule has 0 spiro atoms. The second-order valence-electron chi connectivity index (χ2n) is 9.05. The minimum absolute atomic E-state index is 0.00759. The van der Waals surface area contributed by atoms with E-state index in [0.717, 1.165) is 22.4 Å². The van der Waals surface area contributed by atoms with E-state index in [2.05, 4.69) is 74.5 Å². The van der Waals surface area contributed by atoms with Gasteiger partial charge in [0.05, 0.1) is 28.9 Å². The first kappa shape index (κ1) is 36.2. The zero-order valence-electron chi connectivity index (χ0n) is 22.3. The SMILES string of the molecule is II.I[I-]I.NC(=O)N1c2ccccc2CC(=O)c2ccccc21.NC(=O)N1c2ccccc2C[C@H](O)c2ccccc21. The fourth-order valence-corrected chi connectivity index (χ4v) is 4.98. The van der Waals surface area contributed by atoms with E-state index < -0.39 is 18.2 Å². The normalized spacial score (nSPS) is 14.3. The summed E-state index contributed by atoms with van der Waals surface area (Å²) < 4.78 is 0. The molecule has 8 nitrogen and oxygen atoms in total. The van der Waals surface area contributed by atoms with E-state index in [0.29, 0.717) is 42.3 Å². The first-order valence-electron chi connectivity index (χ1n) is 12.5. The Balaban J connectivity index is 0.000000205. The van der Waals surface area contributed by atoms with E-state index in [1.54, 1.807) is 36.4 Å². The van der Waals surface area contributed by atoms with Crippen molar-refractivity contribution in [2.45, 2.75) is 18.9 Å². The Hall–Kier alpha value is -1.30. The third kappa shape index (κ3) is 8.91. The molecular formula is C30H26I5N4O4-. The summed E-state index contributed by atoms with van der Waals surface area (Å²) >= 11 is 9.54. The first-order chi connectivity index (χ1) is 20.8. The van der Waals surface area contributed by atoms with Gasteiger partial charge in [0.1, 0.15) is 0 Å². The van der Waals surface area contributed by atoms with Gasteiger partial charge in [-0.1, -0.05) is 66.7 Å². The van der Waals surface area contributed by atoms with Gasteiger partial charge in [0, 0.05) is 61.2 Å². The van der Waals surface area contributed by atoms with Gasteiger partial charge in [-0.05, 0) is 41.5 Å². The summed E-state index contributed by atoms with van der Waals surface area (Å²) in [6, 6.07) is 28.0. The molecule has 4 amide bonds. The average molecular weight is 1140 g/mol. The number of aliphatic hydroxyl groups excluding tert-OH is 1. The maximum atomic E-state index is 12.3. The van der Waals surface area contributed by atoms with Crippen LogP contribution in [0.3, 0.4) is 0 Å². The van der Waals surface area contributed by atoms with E-state index in [-0.39, 0.29) is 12.2 Å². The number of hydrogen-bond acceptors (Lipinski definition) is 4. The van der Waals surface area contributed by atoms with Crippen LogP contribution in [0.2, 0.25) is 0 Å². The average Bonchev–Trinajstić information content (AvgIpc) is 3.22. The summed E-state index contributed by atoms with van der Waals surface area (Å²) in [7, 11) is 0. The van der Waals surface area contributed by atoms with Crippen molar-refractivity contribution in [2.24, 2.45) is 11.5 Å². The van der Waals surface area contributed by atoms with Crippen molar-refractivity contribution >= 4 is 115 Å². The molecule has 4 aromatic rings. The van der Waals surface area contributed by atoms with Crippen molar-refractivity contribution in [2.75, 3.05) is 9.80 Å². The number of rotatable bonds is 0. The van der Waals surface area contributed by atoms with Crippen LogP contribution in [0.4, 0.5) is 32.3 Å². The molecule has 0 radical (unpaired) electrons. The number of ketones is 1. The van der Waals surface area contributed by atoms with Gasteiger partial charge in [-0.2, -0.15) is 0 Å². The van der Waals surface area contributed by atoms with Crippen LogP contribution in [0, 0.1) is 0 Å². The molecule has 43 heavy (non-hydrogen) atoms. The first-order valence-corrected chi connectivity index (χ1v) is 31.4. The zero-order chi connectivity index (χ0) is 31.5. The number of Topliss-reactive ketones (excluding diaryl/α,β-unsaturated/α-hetero) is 1. The third-order valence-corrected chi connectivity index (χ3v) is 6.65. The van der Waals surface area contributed by atoms with Crippen molar-refractivity contribution in [3.8, 4) is 0 Å². The number of hydrogen-bond donors (Lipinski definition) is 3. The Bertz CT molecular complexity index is 1590. The van der Waals surface area contributed by atoms with Gasteiger partial charge in [0.25, 0.3) is 0 Å². The van der Waals surface area contributed by atoms with Crippen LogP contribution in [0.15, 0.2) is 97.1 Å². The second kappa shape index (κ2) is 18.0. The zero-order valence-corrected chi connectivity index (χ0v) is 33.1. The number of nitrogens with zero attached hydrogens (tertiary/aromatic N) is 2. The summed E-state index contributed by atoms with van der Waals surface area (Å²) in [5.41, 5.74) is 16.6. The largest absolute Gasteiger partial charge is 0.388 e. The fourth-order valence-electron chi connectivity index (χ4n) is 4.98. The summed E-state index contributed by atoms with van der Waals surface area (Å²) in [6.07, 6.45) is 0.107. The molecule has 5 N–H and O–H groups in total. The minimum Gasteiger partial charge on any atom is -0.388 e. The number of urea groups is 2. The summed E-state index contributed by atoms with van der Waals surface area (Å²) in [5.74, 6) is -0.00759. The number of amides is 4. The van der Waals surface area contributed by atoms with Crippen LogP contribution in [0.5, 0.6) is 0 Å². The smallest absolute Gasteiger partial charge is 0.323 e. The van der Waals surface area contributed by atoms with Gasteiger partial charge in [0.15, 0.2) is 5.78 Å². The number of primary amides is 2. The Morgan fingerprint density at radius 2 is 1.12 bits per heavy atom. The number of carbonyl (C=O) groups is 3. The standard InChI is InChI=1S/C15H14N2O2.C15H12N2O2.I3.I2/c2*16-15(19)17-12-7-3-1-5-10(12)9-14(18)11-6-2-4-8-13(11)17;1-3-2;1-2/h1-8,14,18H,9H2,(H2,16,19);1-8H,9H2,(H2,16,19);;/q;;-1;/t14-;;;/m0.../s1. The van der Waals surface area contributed by atoms with Crippen LogP contribution in [0.1, 0.15) is 33.2 Å². The third-order valence-electron chi connectivity index (χ3n) is 6.65. The number of halogens is 5. The molecule has 2 heterocycles. The predicted octanol–water partition coefficient (Wildman–Crippen LogP) is 5.68. The molecular weight excluding hydrogens is 1110 g/mol. The molecule has 226 valence electrons. The molecule has 0 aromatic heterocycles. The van der Waals surface area contributed by atoms with Gasteiger partial charge in [-0.15, -0.1) is 0 Å². The number of aliphatic hydroxyl groups is 1. The number of para-hydroxylation sites is 4. The molecule has 2 aliphatic heterocycles. The van der Waals surface area contributed by atoms with E-state index in [9.17, 15) is 19.5 Å². The molecule has 0 bridgehead atoms. The van der Waals surface area contributed by atoms with E-state index in [1.165, 1.54) is 9.80 Å². The molecule has 0 fully saturated rings. The van der Waals surface area contributed by atoms with E-state index in [1.807, 2.05) is 60.7 Å². The van der Waals surface area contributed by atoms with Crippen LogP contribution >= 0.6 is 74.5 Å². The van der Waals surface area contributed by atoms with Gasteiger partial charge >= 0.3 is 62.5 Å². The Morgan fingerprint density at radius 3 is 1.70 bits per heavy atom. The molecule has 0 aliphatic carbocycles. The number of nitrogens with two attached hydrogens (primary N) is 2. The number of anilines is 4. The van der Waals surface area contributed by atoms with Crippen molar-refractivity contribution in [1.82, 2.24) is 0 Å². The van der Waals surface area contributed by atoms with Crippen LogP contribution < -0.4 is 34.5 Å². The topological polar surface area (TPSA) is 130 Å². The maximum absolute atomic E-state index is 12.3. The number of benzene rings is 4. The monoisotopic (exact) mass is 1140 g/mol. The molecule has 4 aromatic carbocycles. The second-order valence-corrected chi connectivity index (χ2v) is 25.3. The van der Waals surface area contributed by atoms with Crippen LogP contribution in [-0.4, -0.2) is 23.0 Å². The van der Waals surface area contributed by atoms with Gasteiger partial charge < -0.3 is 16.6 Å². The van der Waals surface area contributed by atoms with Gasteiger partial charge in [-0.25, -0.2) is 9.59 Å². The van der Waals surface area contributed by atoms with Gasteiger partial charge in [-0.3, -0.25) is 14.6 Å². The fraction of sp³-hybridized carbons (Fsp3) is 0.100. The minimum atomic E-state index is -0.637. The Morgan fingerprint density at radius 1 is 0.698 bits per heavy atom. The Labute approximate surface area is 303 Å². The molecule has 2 aliphatic rings. The molecule has 0 saturated carbocycles. The van der Waals surface area contributed by atoms with Gasteiger partial charge in [0.2, 0.25) is 0 Å². The molecule has 0 unspecified atom stereocenters. The van der Waals surface area contributed by atoms with Crippen molar-refractivity contribution < 1.29 is 32.7 Å². The molecule has 6 rings (SSSR count). The maximum Gasteiger partial charge on any atom is 0.323 e. The van der Waals surface area contributed by atoms with E-state index >= 15 is 0 Å².